The van der Waals surface area contributed by atoms with Crippen molar-refractivity contribution in [1.82, 2.24) is 0 Å². The molecule has 0 heterocycles. The minimum absolute atomic E-state index is 0.0437. The summed E-state index contributed by atoms with van der Waals surface area (Å²) in [5.74, 6) is 2.69. The van der Waals surface area contributed by atoms with Crippen LogP contribution >= 0.6 is 0 Å². The zero-order valence-electron chi connectivity index (χ0n) is 35.4. The van der Waals surface area contributed by atoms with Crippen LogP contribution in [0, 0.1) is 11.8 Å². The molecule has 0 amide bonds. The van der Waals surface area contributed by atoms with Crippen molar-refractivity contribution in [2.75, 3.05) is 26.4 Å². The van der Waals surface area contributed by atoms with Crippen molar-refractivity contribution in [3.05, 3.63) is 82.9 Å². The Morgan fingerprint density at radius 2 is 0.810 bits per heavy atom. The predicted octanol–water partition coefficient (Wildman–Crippen LogP) is 13.3. The molecule has 0 radical (unpaired) electrons. The first kappa shape index (κ1) is 44.9. The van der Waals surface area contributed by atoms with Crippen molar-refractivity contribution in [1.29, 1.82) is 0 Å². The molecule has 0 bridgehead atoms. The summed E-state index contributed by atoms with van der Waals surface area (Å²) in [7, 11) is 0. The maximum atomic E-state index is 12.1. The molecule has 8 heteroatoms. The molecule has 318 valence electrons. The average molecular weight is 799 g/mol. The van der Waals surface area contributed by atoms with E-state index in [4.69, 9.17) is 18.9 Å². The largest absolute Gasteiger partial charge is 0.494 e. The average Bonchev–Trinajstić information content (AvgIpc) is 3.24. The first-order chi connectivity index (χ1) is 28.3. The van der Waals surface area contributed by atoms with Gasteiger partial charge in [-0.2, -0.15) is 0 Å². The van der Waals surface area contributed by atoms with E-state index in [9.17, 15) is 19.8 Å². The molecule has 2 N–H and O–H groups in total. The van der Waals surface area contributed by atoms with Crippen LogP contribution in [0.15, 0.2) is 60.7 Å². The number of unbranched alkanes of at least 4 members (excludes halogenated alkanes) is 6. The number of ether oxygens (including phenoxy) is 4. The molecule has 2 aliphatic carbocycles. The molecular formula is C50H70O8. The van der Waals surface area contributed by atoms with Crippen molar-refractivity contribution >= 4 is 11.9 Å². The highest BCUT2D eigenvalue weighted by atomic mass is 16.5. The third-order valence-electron chi connectivity index (χ3n) is 12.5. The maximum Gasteiger partial charge on any atom is 0.339 e. The van der Waals surface area contributed by atoms with Crippen LogP contribution in [-0.2, 0) is 0 Å². The van der Waals surface area contributed by atoms with Gasteiger partial charge in [-0.25, -0.2) is 9.59 Å². The van der Waals surface area contributed by atoms with Gasteiger partial charge in [-0.15, -0.1) is 0 Å². The number of carboxylic acids is 2. The van der Waals surface area contributed by atoms with E-state index in [-0.39, 0.29) is 35.8 Å². The predicted molar refractivity (Wildman–Crippen MR) is 231 cm³/mol. The van der Waals surface area contributed by atoms with Crippen molar-refractivity contribution in [2.45, 2.75) is 154 Å². The molecule has 3 aromatic carbocycles. The van der Waals surface area contributed by atoms with Crippen LogP contribution in [0.25, 0.3) is 0 Å². The van der Waals surface area contributed by atoms with Gasteiger partial charge < -0.3 is 29.2 Å². The Bertz CT molecular complexity index is 1510. The van der Waals surface area contributed by atoms with E-state index in [2.05, 4.69) is 62.4 Å². The topological polar surface area (TPSA) is 112 Å². The van der Waals surface area contributed by atoms with Gasteiger partial charge in [0.15, 0.2) is 0 Å². The highest BCUT2D eigenvalue weighted by molar-refractivity contribution is 5.97. The molecule has 0 aromatic heterocycles. The van der Waals surface area contributed by atoms with Gasteiger partial charge in [0.05, 0.1) is 26.4 Å². The summed E-state index contributed by atoms with van der Waals surface area (Å²) < 4.78 is 23.6. The highest BCUT2D eigenvalue weighted by Crippen LogP contribution is 2.39. The summed E-state index contributed by atoms with van der Waals surface area (Å²) in [5.41, 5.74) is 2.65. The van der Waals surface area contributed by atoms with Crippen LogP contribution in [0.4, 0.5) is 0 Å². The summed E-state index contributed by atoms with van der Waals surface area (Å²) in [5, 5.41) is 19.8. The Morgan fingerprint density at radius 1 is 0.483 bits per heavy atom. The third-order valence-corrected chi connectivity index (χ3v) is 12.5. The zero-order valence-corrected chi connectivity index (χ0v) is 35.4. The molecule has 0 saturated heterocycles. The fraction of sp³-hybridized carbons (Fsp3) is 0.600. The van der Waals surface area contributed by atoms with Crippen LogP contribution in [0.1, 0.15) is 186 Å². The summed E-state index contributed by atoms with van der Waals surface area (Å²) in [6.45, 7) is 6.42. The molecule has 8 nitrogen and oxygen atoms in total. The van der Waals surface area contributed by atoms with E-state index in [0.29, 0.717) is 37.9 Å². The van der Waals surface area contributed by atoms with Gasteiger partial charge in [-0.3, -0.25) is 0 Å². The van der Waals surface area contributed by atoms with E-state index in [1.165, 1.54) is 100 Å². The number of hydrogen-bond donors (Lipinski definition) is 2. The number of carbonyl (C=O) groups is 2. The Balaban J connectivity index is 0.934. The van der Waals surface area contributed by atoms with E-state index in [0.717, 1.165) is 61.9 Å². The van der Waals surface area contributed by atoms with Gasteiger partial charge in [0.25, 0.3) is 0 Å². The molecule has 3 aromatic rings. The van der Waals surface area contributed by atoms with Gasteiger partial charge in [0.2, 0.25) is 0 Å². The lowest BCUT2D eigenvalue weighted by Crippen LogP contribution is -2.13. The number of hydrogen-bond acceptors (Lipinski definition) is 6. The molecule has 5 rings (SSSR count). The SMILES string of the molecule is CCC[C@H]1CC[C@H](c2ccc(OCCCCCCOc3cc(C(=O)O)c(OCCCCCCOc4ccc([C@H]5CC[C@H](CCC)CC5)cc4)cc3C(=O)O)cc2)CC1. The molecule has 2 saturated carbocycles. The van der Waals surface area contributed by atoms with Crippen molar-refractivity contribution in [3.8, 4) is 23.0 Å². The zero-order chi connectivity index (χ0) is 41.0. The van der Waals surface area contributed by atoms with E-state index in [1.54, 1.807) is 0 Å². The Labute approximate surface area is 348 Å². The molecule has 2 fully saturated rings. The normalized spacial score (nSPS) is 19.3. The first-order valence-corrected chi connectivity index (χ1v) is 22.7. The van der Waals surface area contributed by atoms with E-state index < -0.39 is 11.9 Å². The number of aromatic carboxylic acids is 2. The maximum absolute atomic E-state index is 12.1. The molecule has 0 spiro atoms. The third kappa shape index (κ3) is 14.6. The van der Waals surface area contributed by atoms with E-state index >= 15 is 0 Å². The van der Waals surface area contributed by atoms with Crippen LogP contribution in [0.2, 0.25) is 0 Å². The van der Waals surface area contributed by atoms with Gasteiger partial charge in [0, 0.05) is 0 Å². The van der Waals surface area contributed by atoms with Crippen LogP contribution < -0.4 is 18.9 Å². The second kappa shape index (κ2) is 24.7. The van der Waals surface area contributed by atoms with Gasteiger partial charge in [-0.05, 0) is 174 Å². The van der Waals surface area contributed by atoms with Crippen LogP contribution in [0.3, 0.4) is 0 Å². The fourth-order valence-corrected chi connectivity index (χ4v) is 9.05. The lowest BCUT2D eigenvalue weighted by atomic mass is 9.77. The summed E-state index contributed by atoms with van der Waals surface area (Å²) in [6.07, 6.45) is 22.8. The minimum Gasteiger partial charge on any atom is -0.494 e. The fourth-order valence-electron chi connectivity index (χ4n) is 9.05. The number of rotatable bonds is 26. The van der Waals surface area contributed by atoms with Crippen LogP contribution in [-0.4, -0.2) is 48.6 Å². The standard InChI is InChI=1S/C50H70O8/c1-3-13-37-15-19-39(20-16-37)41-23-27-43(28-24-41)55-31-9-5-7-11-33-57-47-35-46(50(53)54)48(36-45(47)49(51)52)58-34-12-8-6-10-32-56-44-29-25-42(26-30-44)40-21-17-38(14-4-2)18-22-40/h23-30,35-40H,3-22,31-34H2,1-2H3,(H,51,52)(H,53,54)/t37-,38-,39-,40-. The summed E-state index contributed by atoms with van der Waals surface area (Å²) in [6, 6.07) is 19.9. The van der Waals surface area contributed by atoms with Gasteiger partial charge in [0.1, 0.15) is 34.1 Å². The summed E-state index contributed by atoms with van der Waals surface area (Å²) in [4.78, 5) is 24.2. The van der Waals surface area contributed by atoms with Crippen molar-refractivity contribution in [2.24, 2.45) is 11.8 Å². The molecule has 0 atom stereocenters. The Hall–Kier alpha value is -4.20. The number of benzene rings is 3. The molecule has 2 aliphatic rings. The summed E-state index contributed by atoms with van der Waals surface area (Å²) >= 11 is 0. The van der Waals surface area contributed by atoms with Crippen molar-refractivity contribution < 1.29 is 38.7 Å². The van der Waals surface area contributed by atoms with Gasteiger partial charge >= 0.3 is 11.9 Å². The van der Waals surface area contributed by atoms with Crippen molar-refractivity contribution in [3.63, 3.8) is 0 Å². The monoisotopic (exact) mass is 799 g/mol. The van der Waals surface area contributed by atoms with Crippen LogP contribution in [0.5, 0.6) is 23.0 Å². The number of carboxylic acid groups (broad SMARTS) is 2. The molecule has 0 unspecified atom stereocenters. The molecule has 0 aliphatic heterocycles. The smallest absolute Gasteiger partial charge is 0.339 e. The lowest BCUT2D eigenvalue weighted by molar-refractivity contribution is 0.0672. The highest BCUT2D eigenvalue weighted by Gasteiger charge is 2.24. The Morgan fingerprint density at radius 3 is 1.12 bits per heavy atom. The Kier molecular flexibility index (Phi) is 19.1. The first-order valence-electron chi connectivity index (χ1n) is 22.7. The van der Waals surface area contributed by atoms with E-state index in [1.807, 2.05) is 0 Å². The minimum atomic E-state index is -1.19. The molecule has 58 heavy (non-hydrogen) atoms. The second-order valence-corrected chi connectivity index (χ2v) is 16.8. The molecular weight excluding hydrogens is 729 g/mol. The lowest BCUT2D eigenvalue weighted by Gasteiger charge is -2.28. The second-order valence-electron chi connectivity index (χ2n) is 16.8. The quantitative estimate of drug-likeness (QED) is 0.0772. The van der Waals surface area contributed by atoms with Gasteiger partial charge in [-0.1, -0.05) is 63.8 Å².